The Hall–Kier alpha value is -0.770. The number of methoxy groups -OCH3 is 2. The molecule has 18 heavy (non-hydrogen) atoms. The molecule has 4 heteroatoms. The highest BCUT2D eigenvalue weighted by Gasteiger charge is 2.20. The molecule has 0 aliphatic carbocycles. The summed E-state index contributed by atoms with van der Waals surface area (Å²) >= 11 is 6.04. The molecule has 0 fully saturated rings. The SMILES string of the molecule is CCC(OC)C(Cc1cc(Cl)ccc1OC)NC. The van der Waals surface area contributed by atoms with Crippen LogP contribution in [-0.2, 0) is 11.2 Å². The monoisotopic (exact) mass is 271 g/mol. The van der Waals surface area contributed by atoms with Crippen LogP contribution in [0.5, 0.6) is 5.75 Å². The minimum absolute atomic E-state index is 0.179. The van der Waals surface area contributed by atoms with Crippen LogP contribution in [0.2, 0.25) is 5.02 Å². The van der Waals surface area contributed by atoms with Gasteiger partial charge in [0, 0.05) is 18.2 Å². The molecule has 2 atom stereocenters. The van der Waals surface area contributed by atoms with Crippen LogP contribution in [0, 0.1) is 0 Å². The van der Waals surface area contributed by atoms with E-state index in [0.29, 0.717) is 0 Å². The summed E-state index contributed by atoms with van der Waals surface area (Å²) in [5.74, 6) is 0.866. The summed E-state index contributed by atoms with van der Waals surface area (Å²) in [6.45, 7) is 2.12. The maximum absolute atomic E-state index is 6.04. The summed E-state index contributed by atoms with van der Waals surface area (Å²) in [6.07, 6.45) is 1.97. The highest BCUT2D eigenvalue weighted by molar-refractivity contribution is 6.30. The van der Waals surface area contributed by atoms with Crippen LogP contribution in [0.4, 0.5) is 0 Å². The lowest BCUT2D eigenvalue weighted by Crippen LogP contribution is -2.40. The third kappa shape index (κ3) is 3.87. The molecule has 102 valence electrons. The Labute approximate surface area is 114 Å². The van der Waals surface area contributed by atoms with Crippen LogP contribution in [0.15, 0.2) is 18.2 Å². The van der Waals surface area contributed by atoms with Crippen molar-refractivity contribution in [3.8, 4) is 5.75 Å². The summed E-state index contributed by atoms with van der Waals surface area (Å²) in [4.78, 5) is 0. The summed E-state index contributed by atoms with van der Waals surface area (Å²) in [7, 11) is 5.37. The zero-order chi connectivity index (χ0) is 13.5. The minimum atomic E-state index is 0.179. The first-order valence-corrected chi connectivity index (χ1v) is 6.56. The Bertz CT molecular complexity index is 367. The van der Waals surface area contributed by atoms with Crippen molar-refractivity contribution < 1.29 is 9.47 Å². The third-order valence-corrected chi connectivity index (χ3v) is 3.44. The van der Waals surface area contributed by atoms with Gasteiger partial charge in [-0.05, 0) is 43.7 Å². The number of halogens is 1. The molecule has 0 radical (unpaired) electrons. The first-order valence-electron chi connectivity index (χ1n) is 6.18. The van der Waals surface area contributed by atoms with Crippen LogP contribution < -0.4 is 10.1 Å². The Morgan fingerprint density at radius 3 is 2.56 bits per heavy atom. The first kappa shape index (κ1) is 15.3. The second kappa shape index (κ2) is 7.62. The van der Waals surface area contributed by atoms with Crippen LogP contribution in [-0.4, -0.2) is 33.4 Å². The van der Waals surface area contributed by atoms with E-state index in [-0.39, 0.29) is 12.1 Å². The van der Waals surface area contributed by atoms with Gasteiger partial charge >= 0.3 is 0 Å². The van der Waals surface area contributed by atoms with Crippen molar-refractivity contribution in [1.29, 1.82) is 0 Å². The van der Waals surface area contributed by atoms with Crippen molar-refractivity contribution in [3.05, 3.63) is 28.8 Å². The van der Waals surface area contributed by atoms with E-state index < -0.39 is 0 Å². The van der Waals surface area contributed by atoms with Crippen molar-refractivity contribution >= 4 is 11.6 Å². The summed E-state index contributed by atoms with van der Waals surface area (Å²) in [5, 5.41) is 4.03. The van der Waals surface area contributed by atoms with E-state index in [2.05, 4.69) is 12.2 Å². The van der Waals surface area contributed by atoms with Crippen molar-refractivity contribution in [2.45, 2.75) is 31.9 Å². The number of benzene rings is 1. The number of hydrogen-bond donors (Lipinski definition) is 1. The number of nitrogens with one attached hydrogen (secondary N) is 1. The fourth-order valence-corrected chi connectivity index (χ4v) is 2.37. The maximum atomic E-state index is 6.04. The molecule has 3 nitrogen and oxygen atoms in total. The Morgan fingerprint density at radius 2 is 2.06 bits per heavy atom. The number of ether oxygens (including phenoxy) is 2. The molecule has 0 saturated heterocycles. The topological polar surface area (TPSA) is 30.5 Å². The van der Waals surface area contributed by atoms with E-state index in [4.69, 9.17) is 21.1 Å². The molecule has 1 rings (SSSR count). The van der Waals surface area contributed by atoms with Crippen molar-refractivity contribution in [2.24, 2.45) is 0 Å². The molecule has 1 aromatic carbocycles. The number of likely N-dealkylation sites (N-methyl/N-ethyl adjacent to an activating group) is 1. The molecule has 0 aliphatic rings. The molecule has 0 aromatic heterocycles. The fourth-order valence-electron chi connectivity index (χ4n) is 2.18. The molecule has 0 amide bonds. The zero-order valence-electron chi connectivity index (χ0n) is 11.5. The molecule has 0 heterocycles. The van der Waals surface area contributed by atoms with Gasteiger partial charge in [-0.2, -0.15) is 0 Å². The molecule has 2 unspecified atom stereocenters. The predicted molar refractivity (Wildman–Crippen MR) is 75.6 cm³/mol. The van der Waals surface area contributed by atoms with Crippen molar-refractivity contribution in [3.63, 3.8) is 0 Å². The normalized spacial score (nSPS) is 14.3. The van der Waals surface area contributed by atoms with E-state index in [0.717, 1.165) is 29.2 Å². The number of hydrogen-bond acceptors (Lipinski definition) is 3. The first-order chi connectivity index (χ1) is 8.65. The predicted octanol–water partition coefficient (Wildman–Crippen LogP) is 2.90. The highest BCUT2D eigenvalue weighted by atomic mass is 35.5. The largest absolute Gasteiger partial charge is 0.496 e. The van der Waals surface area contributed by atoms with Crippen LogP contribution in [0.25, 0.3) is 0 Å². The average molecular weight is 272 g/mol. The van der Waals surface area contributed by atoms with Gasteiger partial charge in [-0.3, -0.25) is 0 Å². The smallest absolute Gasteiger partial charge is 0.122 e. The second-order valence-corrected chi connectivity index (χ2v) is 4.67. The van der Waals surface area contributed by atoms with Gasteiger partial charge in [-0.15, -0.1) is 0 Å². The molecule has 0 saturated carbocycles. The van der Waals surface area contributed by atoms with E-state index in [1.807, 2.05) is 25.2 Å². The quantitative estimate of drug-likeness (QED) is 0.827. The van der Waals surface area contributed by atoms with E-state index >= 15 is 0 Å². The third-order valence-electron chi connectivity index (χ3n) is 3.21. The molecule has 0 bridgehead atoms. The van der Waals surface area contributed by atoms with Crippen molar-refractivity contribution in [1.82, 2.24) is 5.32 Å². The molecular formula is C14H22ClNO2. The Kier molecular flexibility index (Phi) is 6.47. The van der Waals surface area contributed by atoms with Gasteiger partial charge in [0.15, 0.2) is 0 Å². The van der Waals surface area contributed by atoms with Crippen LogP contribution in [0.3, 0.4) is 0 Å². The average Bonchev–Trinajstić information content (AvgIpc) is 2.39. The van der Waals surface area contributed by atoms with Gasteiger partial charge in [0.05, 0.1) is 13.2 Å². The lowest BCUT2D eigenvalue weighted by Gasteiger charge is -2.25. The summed E-state index contributed by atoms with van der Waals surface area (Å²) in [5.41, 5.74) is 1.10. The van der Waals surface area contributed by atoms with Crippen LogP contribution in [0.1, 0.15) is 18.9 Å². The van der Waals surface area contributed by atoms with Crippen molar-refractivity contribution in [2.75, 3.05) is 21.3 Å². The standard InChI is InChI=1S/C14H22ClNO2/c1-5-13(17-3)12(16-2)9-10-8-11(15)6-7-14(10)18-4/h6-8,12-13,16H,5,9H2,1-4H3. The van der Waals surface area contributed by atoms with Crippen LogP contribution >= 0.6 is 11.6 Å². The zero-order valence-corrected chi connectivity index (χ0v) is 12.3. The van der Waals surface area contributed by atoms with E-state index in [1.54, 1.807) is 14.2 Å². The fraction of sp³-hybridized carbons (Fsp3) is 0.571. The molecule has 1 N–H and O–H groups in total. The van der Waals surface area contributed by atoms with Gasteiger partial charge < -0.3 is 14.8 Å². The maximum Gasteiger partial charge on any atom is 0.122 e. The molecule has 0 aliphatic heterocycles. The molecular weight excluding hydrogens is 250 g/mol. The number of rotatable bonds is 7. The molecule has 0 spiro atoms. The Balaban J connectivity index is 2.89. The second-order valence-electron chi connectivity index (χ2n) is 4.24. The van der Waals surface area contributed by atoms with Gasteiger partial charge in [-0.1, -0.05) is 18.5 Å². The van der Waals surface area contributed by atoms with Gasteiger partial charge in [-0.25, -0.2) is 0 Å². The lowest BCUT2D eigenvalue weighted by atomic mass is 9.99. The summed E-state index contributed by atoms with van der Waals surface area (Å²) < 4.78 is 10.9. The minimum Gasteiger partial charge on any atom is -0.496 e. The Morgan fingerprint density at radius 1 is 1.33 bits per heavy atom. The highest BCUT2D eigenvalue weighted by Crippen LogP contribution is 2.25. The molecule has 1 aromatic rings. The van der Waals surface area contributed by atoms with Gasteiger partial charge in [0.2, 0.25) is 0 Å². The van der Waals surface area contributed by atoms with Gasteiger partial charge in [0.1, 0.15) is 5.75 Å². The van der Waals surface area contributed by atoms with E-state index in [1.165, 1.54) is 0 Å². The lowest BCUT2D eigenvalue weighted by molar-refractivity contribution is 0.0676. The van der Waals surface area contributed by atoms with Gasteiger partial charge in [0.25, 0.3) is 0 Å². The summed E-state index contributed by atoms with van der Waals surface area (Å²) in [6, 6.07) is 5.93. The van der Waals surface area contributed by atoms with E-state index in [9.17, 15) is 0 Å².